The van der Waals surface area contributed by atoms with Crippen molar-refractivity contribution in [2.45, 2.75) is 39.1 Å². The van der Waals surface area contributed by atoms with Crippen LogP contribution >= 0.6 is 0 Å². The number of nitrogens with one attached hydrogen (secondary N) is 1. The smallest absolute Gasteiger partial charge is 0.416 e. The monoisotopic (exact) mass is 290 g/mol. The fraction of sp³-hybridized carbons (Fsp3) is 0.462. The van der Waals surface area contributed by atoms with Crippen LogP contribution in [0.4, 0.5) is 18.9 Å². The predicted molar refractivity (Wildman–Crippen MR) is 69.2 cm³/mol. The van der Waals surface area contributed by atoms with Crippen molar-refractivity contribution in [3.63, 3.8) is 0 Å². The minimum Gasteiger partial charge on any atom is -0.479 e. The highest BCUT2D eigenvalue weighted by Crippen LogP contribution is 2.33. The van der Waals surface area contributed by atoms with Crippen molar-refractivity contribution in [2.75, 3.05) is 5.73 Å². The van der Waals surface area contributed by atoms with Gasteiger partial charge in [-0.3, -0.25) is 4.79 Å². The van der Waals surface area contributed by atoms with Gasteiger partial charge in [0.1, 0.15) is 5.75 Å². The topological polar surface area (TPSA) is 64.3 Å². The molecular formula is C13H17F3N2O2. The Morgan fingerprint density at radius 3 is 2.35 bits per heavy atom. The Hall–Kier alpha value is -1.92. The third-order valence-electron chi connectivity index (χ3n) is 2.44. The average Bonchev–Trinajstić information content (AvgIpc) is 2.29. The van der Waals surface area contributed by atoms with Gasteiger partial charge in [-0.2, -0.15) is 13.2 Å². The Balaban J connectivity index is 2.81. The lowest BCUT2D eigenvalue weighted by Crippen LogP contribution is -2.40. The molecule has 20 heavy (non-hydrogen) atoms. The lowest BCUT2D eigenvalue weighted by molar-refractivity contribution is -0.137. The second-order valence-electron chi connectivity index (χ2n) is 4.67. The summed E-state index contributed by atoms with van der Waals surface area (Å²) >= 11 is 0. The van der Waals surface area contributed by atoms with Crippen molar-refractivity contribution in [3.8, 4) is 5.75 Å². The van der Waals surface area contributed by atoms with Gasteiger partial charge >= 0.3 is 6.18 Å². The highest BCUT2D eigenvalue weighted by atomic mass is 19.4. The summed E-state index contributed by atoms with van der Waals surface area (Å²) in [6, 6.07) is 2.69. The van der Waals surface area contributed by atoms with Crippen molar-refractivity contribution in [1.82, 2.24) is 5.32 Å². The molecule has 1 rings (SSSR count). The van der Waals surface area contributed by atoms with Gasteiger partial charge in [-0.1, -0.05) is 0 Å². The summed E-state index contributed by atoms with van der Waals surface area (Å²) < 4.78 is 42.7. The first-order chi connectivity index (χ1) is 9.11. The first-order valence-electron chi connectivity index (χ1n) is 6.05. The van der Waals surface area contributed by atoms with Gasteiger partial charge in [-0.15, -0.1) is 0 Å². The van der Waals surface area contributed by atoms with E-state index >= 15 is 0 Å². The molecule has 1 unspecified atom stereocenters. The number of amides is 1. The zero-order valence-electron chi connectivity index (χ0n) is 11.4. The number of rotatable bonds is 4. The predicted octanol–water partition coefficient (Wildman–Crippen LogP) is 2.58. The molecule has 7 heteroatoms. The molecule has 0 bridgehead atoms. The van der Waals surface area contributed by atoms with Crippen LogP contribution in [0.1, 0.15) is 26.3 Å². The molecule has 0 aliphatic rings. The van der Waals surface area contributed by atoms with Crippen molar-refractivity contribution in [2.24, 2.45) is 0 Å². The number of ether oxygens (including phenoxy) is 1. The van der Waals surface area contributed by atoms with E-state index in [1.54, 1.807) is 13.8 Å². The zero-order valence-corrected chi connectivity index (χ0v) is 11.4. The molecular weight excluding hydrogens is 273 g/mol. The lowest BCUT2D eigenvalue weighted by Gasteiger charge is -2.18. The molecule has 1 aromatic carbocycles. The maximum atomic E-state index is 12.5. The highest BCUT2D eigenvalue weighted by Gasteiger charge is 2.31. The number of carbonyl (C=O) groups excluding carboxylic acids is 1. The first-order valence-corrected chi connectivity index (χ1v) is 6.05. The number of alkyl halides is 3. The largest absolute Gasteiger partial charge is 0.479 e. The van der Waals surface area contributed by atoms with Crippen molar-refractivity contribution in [3.05, 3.63) is 23.8 Å². The number of nitrogens with two attached hydrogens (primary N) is 1. The number of hydrogen-bond acceptors (Lipinski definition) is 3. The molecule has 0 spiro atoms. The summed E-state index contributed by atoms with van der Waals surface area (Å²) in [5.74, 6) is -0.316. The number of anilines is 1. The van der Waals surface area contributed by atoms with Crippen LogP contribution in [0.25, 0.3) is 0 Å². The van der Waals surface area contributed by atoms with Gasteiger partial charge in [-0.05, 0) is 39.0 Å². The molecule has 0 saturated carbocycles. The Labute approximate surface area is 115 Å². The molecule has 4 nitrogen and oxygen atoms in total. The van der Waals surface area contributed by atoms with E-state index in [0.717, 1.165) is 18.2 Å². The SMILES string of the molecule is CC(C)NC(=O)C(C)Oc1ccc(C(F)(F)F)cc1N. The van der Waals surface area contributed by atoms with E-state index in [1.165, 1.54) is 6.92 Å². The molecule has 0 aromatic heterocycles. The summed E-state index contributed by atoms with van der Waals surface area (Å²) in [6.07, 6.45) is -5.32. The zero-order chi connectivity index (χ0) is 15.5. The van der Waals surface area contributed by atoms with Gasteiger partial charge in [0.05, 0.1) is 11.3 Å². The summed E-state index contributed by atoms with van der Waals surface area (Å²) in [5.41, 5.74) is 4.49. The van der Waals surface area contributed by atoms with E-state index in [-0.39, 0.29) is 23.4 Å². The second kappa shape index (κ2) is 6.02. The van der Waals surface area contributed by atoms with Crippen LogP contribution in [0.3, 0.4) is 0 Å². The van der Waals surface area contributed by atoms with Gasteiger partial charge in [0.2, 0.25) is 0 Å². The van der Waals surface area contributed by atoms with E-state index in [0.29, 0.717) is 0 Å². The van der Waals surface area contributed by atoms with Crippen LogP contribution in [-0.4, -0.2) is 18.1 Å². The quantitative estimate of drug-likeness (QED) is 0.838. The van der Waals surface area contributed by atoms with E-state index in [4.69, 9.17) is 10.5 Å². The Morgan fingerprint density at radius 2 is 1.90 bits per heavy atom. The van der Waals surface area contributed by atoms with Crippen molar-refractivity contribution >= 4 is 11.6 Å². The standard InChI is InChI=1S/C13H17F3N2O2/c1-7(2)18-12(19)8(3)20-11-5-4-9(6-10(11)17)13(14,15)16/h4-8H,17H2,1-3H3,(H,18,19). The van der Waals surface area contributed by atoms with Crippen LogP contribution in [0, 0.1) is 0 Å². The minimum absolute atomic E-state index is 0.0457. The molecule has 0 fully saturated rings. The third-order valence-corrected chi connectivity index (χ3v) is 2.44. The van der Waals surface area contributed by atoms with Crippen molar-refractivity contribution in [1.29, 1.82) is 0 Å². The van der Waals surface area contributed by atoms with Crippen LogP contribution < -0.4 is 15.8 Å². The summed E-state index contributed by atoms with van der Waals surface area (Å²) in [4.78, 5) is 11.6. The molecule has 0 aliphatic heterocycles. The number of halogens is 3. The number of carbonyl (C=O) groups is 1. The fourth-order valence-corrected chi connectivity index (χ4v) is 1.48. The number of benzene rings is 1. The average molecular weight is 290 g/mol. The second-order valence-corrected chi connectivity index (χ2v) is 4.67. The molecule has 0 aliphatic carbocycles. The number of hydrogen-bond donors (Lipinski definition) is 2. The van der Waals surface area contributed by atoms with Gasteiger partial charge in [0, 0.05) is 6.04 Å². The van der Waals surface area contributed by atoms with Crippen LogP contribution in [0.5, 0.6) is 5.75 Å². The highest BCUT2D eigenvalue weighted by molar-refractivity contribution is 5.81. The molecule has 112 valence electrons. The molecule has 1 atom stereocenters. The minimum atomic E-state index is -4.46. The van der Waals surface area contributed by atoms with Gasteiger partial charge in [0.25, 0.3) is 5.91 Å². The number of nitrogen functional groups attached to an aromatic ring is 1. The van der Waals surface area contributed by atoms with Crippen LogP contribution in [0.15, 0.2) is 18.2 Å². The van der Waals surface area contributed by atoms with E-state index in [2.05, 4.69) is 5.32 Å². The van der Waals surface area contributed by atoms with E-state index in [9.17, 15) is 18.0 Å². The summed E-state index contributed by atoms with van der Waals surface area (Å²) in [5, 5.41) is 2.63. The molecule has 1 aromatic rings. The van der Waals surface area contributed by atoms with E-state index in [1.807, 2.05) is 0 Å². The maximum absolute atomic E-state index is 12.5. The molecule has 0 heterocycles. The lowest BCUT2D eigenvalue weighted by atomic mass is 10.2. The Morgan fingerprint density at radius 1 is 1.30 bits per heavy atom. The first kappa shape index (κ1) is 16.1. The normalized spacial score (nSPS) is 13.2. The molecule has 1 amide bonds. The van der Waals surface area contributed by atoms with Gasteiger partial charge in [-0.25, -0.2) is 0 Å². The Bertz CT molecular complexity index is 487. The Kier molecular flexibility index (Phi) is 4.86. The van der Waals surface area contributed by atoms with Crippen molar-refractivity contribution < 1.29 is 22.7 Å². The van der Waals surface area contributed by atoms with Crippen LogP contribution in [-0.2, 0) is 11.0 Å². The molecule has 0 saturated heterocycles. The van der Waals surface area contributed by atoms with Gasteiger partial charge in [0.15, 0.2) is 6.10 Å². The van der Waals surface area contributed by atoms with Crippen LogP contribution in [0.2, 0.25) is 0 Å². The maximum Gasteiger partial charge on any atom is 0.416 e. The fourth-order valence-electron chi connectivity index (χ4n) is 1.48. The van der Waals surface area contributed by atoms with E-state index < -0.39 is 17.8 Å². The molecule has 0 radical (unpaired) electrons. The summed E-state index contributed by atoms with van der Waals surface area (Å²) in [7, 11) is 0. The molecule has 3 N–H and O–H groups in total. The van der Waals surface area contributed by atoms with Gasteiger partial charge < -0.3 is 15.8 Å². The third kappa shape index (κ3) is 4.32. The summed E-state index contributed by atoms with van der Waals surface area (Å²) in [6.45, 7) is 5.07.